The van der Waals surface area contributed by atoms with Crippen molar-refractivity contribution < 1.29 is 14.4 Å². The highest BCUT2D eigenvalue weighted by Crippen LogP contribution is 2.37. The SMILES string of the molecule is CCC1CCC2(CC1)NC(=O)N(CC(=O)Nc1ccc3ccccc3c1)C2=O. The summed E-state index contributed by atoms with van der Waals surface area (Å²) in [5, 5.41) is 7.76. The molecule has 6 heteroatoms. The van der Waals surface area contributed by atoms with Gasteiger partial charge in [-0.05, 0) is 54.5 Å². The van der Waals surface area contributed by atoms with Crippen molar-refractivity contribution in [1.82, 2.24) is 10.2 Å². The Kier molecular flexibility index (Phi) is 4.79. The second kappa shape index (κ2) is 7.26. The zero-order valence-corrected chi connectivity index (χ0v) is 16.0. The molecule has 0 aromatic heterocycles. The van der Waals surface area contributed by atoms with Crippen molar-refractivity contribution in [3.63, 3.8) is 0 Å². The highest BCUT2D eigenvalue weighted by Gasteiger charge is 2.52. The third-order valence-corrected chi connectivity index (χ3v) is 6.12. The Morgan fingerprint density at radius 1 is 1.14 bits per heavy atom. The molecule has 1 saturated heterocycles. The van der Waals surface area contributed by atoms with Gasteiger partial charge < -0.3 is 10.6 Å². The topological polar surface area (TPSA) is 78.5 Å². The van der Waals surface area contributed by atoms with Gasteiger partial charge in [-0.1, -0.05) is 43.7 Å². The number of amides is 4. The average molecular weight is 379 g/mol. The predicted octanol–water partition coefficient (Wildman–Crippen LogP) is 3.67. The minimum absolute atomic E-state index is 0.263. The summed E-state index contributed by atoms with van der Waals surface area (Å²) in [6, 6.07) is 13.0. The molecule has 28 heavy (non-hydrogen) atoms. The highest BCUT2D eigenvalue weighted by molar-refractivity contribution is 6.10. The van der Waals surface area contributed by atoms with Crippen molar-refractivity contribution in [2.24, 2.45) is 5.92 Å². The van der Waals surface area contributed by atoms with Crippen LogP contribution in [0.4, 0.5) is 10.5 Å². The summed E-state index contributed by atoms with van der Waals surface area (Å²) >= 11 is 0. The summed E-state index contributed by atoms with van der Waals surface area (Å²) in [5.41, 5.74) is -0.166. The van der Waals surface area contributed by atoms with Crippen LogP contribution < -0.4 is 10.6 Å². The van der Waals surface area contributed by atoms with E-state index in [1.54, 1.807) is 0 Å². The lowest BCUT2D eigenvalue weighted by molar-refractivity contribution is -0.135. The van der Waals surface area contributed by atoms with Gasteiger partial charge in [0.15, 0.2) is 0 Å². The lowest BCUT2D eigenvalue weighted by Crippen LogP contribution is -2.49. The molecule has 1 saturated carbocycles. The lowest BCUT2D eigenvalue weighted by Gasteiger charge is -2.34. The van der Waals surface area contributed by atoms with E-state index < -0.39 is 11.6 Å². The predicted molar refractivity (Wildman–Crippen MR) is 108 cm³/mol. The Labute approximate surface area is 164 Å². The monoisotopic (exact) mass is 379 g/mol. The summed E-state index contributed by atoms with van der Waals surface area (Å²) < 4.78 is 0. The molecule has 0 bridgehead atoms. The van der Waals surface area contributed by atoms with Gasteiger partial charge in [-0.2, -0.15) is 0 Å². The summed E-state index contributed by atoms with van der Waals surface area (Å²) in [5.74, 6) is -0.0284. The van der Waals surface area contributed by atoms with Crippen molar-refractivity contribution in [3.8, 4) is 0 Å². The van der Waals surface area contributed by atoms with E-state index in [2.05, 4.69) is 17.6 Å². The van der Waals surface area contributed by atoms with Gasteiger partial charge in [0.1, 0.15) is 12.1 Å². The highest BCUT2D eigenvalue weighted by atomic mass is 16.2. The Morgan fingerprint density at radius 3 is 2.57 bits per heavy atom. The average Bonchev–Trinajstić information content (AvgIpc) is 2.92. The molecule has 6 nitrogen and oxygen atoms in total. The van der Waals surface area contributed by atoms with Crippen LogP contribution in [0.5, 0.6) is 0 Å². The number of benzene rings is 2. The van der Waals surface area contributed by atoms with E-state index in [1.807, 2.05) is 42.5 Å². The number of anilines is 1. The van der Waals surface area contributed by atoms with E-state index in [1.165, 1.54) is 0 Å². The van der Waals surface area contributed by atoms with E-state index in [0.29, 0.717) is 24.4 Å². The van der Waals surface area contributed by atoms with Crippen LogP contribution in [0.2, 0.25) is 0 Å². The van der Waals surface area contributed by atoms with Crippen LogP contribution in [0.1, 0.15) is 39.0 Å². The first-order valence-corrected chi connectivity index (χ1v) is 9.93. The molecular formula is C22H25N3O3. The molecule has 0 atom stereocenters. The first kappa shape index (κ1) is 18.5. The van der Waals surface area contributed by atoms with Crippen LogP contribution in [0, 0.1) is 5.92 Å². The van der Waals surface area contributed by atoms with E-state index in [0.717, 1.165) is 34.9 Å². The molecule has 2 aliphatic rings. The number of carbonyl (C=O) groups excluding carboxylic acids is 3. The van der Waals surface area contributed by atoms with Crippen molar-refractivity contribution >= 4 is 34.3 Å². The minimum atomic E-state index is -0.814. The normalized spacial score (nSPS) is 24.6. The van der Waals surface area contributed by atoms with E-state index in [9.17, 15) is 14.4 Å². The van der Waals surface area contributed by atoms with Crippen molar-refractivity contribution in [2.75, 3.05) is 11.9 Å². The lowest BCUT2D eigenvalue weighted by atomic mass is 9.75. The van der Waals surface area contributed by atoms with Gasteiger partial charge in [0.25, 0.3) is 5.91 Å². The van der Waals surface area contributed by atoms with Gasteiger partial charge in [-0.15, -0.1) is 0 Å². The van der Waals surface area contributed by atoms with Gasteiger partial charge in [-0.25, -0.2) is 4.79 Å². The number of fused-ring (bicyclic) bond motifs is 1. The number of imide groups is 1. The second-order valence-electron chi connectivity index (χ2n) is 7.87. The van der Waals surface area contributed by atoms with E-state index >= 15 is 0 Å². The standard InChI is InChI=1S/C22H25N3O3/c1-2-15-9-11-22(12-10-15)20(27)25(21(28)24-22)14-19(26)23-18-8-7-16-5-3-4-6-17(16)13-18/h3-8,13,15H,2,9-12,14H2,1H3,(H,23,26)(H,24,28). The van der Waals surface area contributed by atoms with Crippen molar-refractivity contribution in [1.29, 1.82) is 0 Å². The molecule has 0 radical (unpaired) electrons. The molecule has 2 aromatic carbocycles. The van der Waals surface area contributed by atoms with Gasteiger partial charge in [0.2, 0.25) is 5.91 Å². The molecule has 1 aliphatic heterocycles. The molecule has 2 aromatic rings. The molecule has 4 rings (SSSR count). The Hall–Kier alpha value is -2.89. The smallest absolute Gasteiger partial charge is 0.325 e. The van der Waals surface area contributed by atoms with Gasteiger partial charge in [-0.3, -0.25) is 14.5 Å². The van der Waals surface area contributed by atoms with Crippen molar-refractivity contribution in [2.45, 2.75) is 44.6 Å². The zero-order valence-electron chi connectivity index (χ0n) is 16.0. The number of nitrogens with zero attached hydrogens (tertiary/aromatic N) is 1. The number of hydrogen-bond donors (Lipinski definition) is 2. The fourth-order valence-electron chi connectivity index (χ4n) is 4.35. The van der Waals surface area contributed by atoms with Gasteiger partial charge in [0, 0.05) is 5.69 Å². The first-order valence-electron chi connectivity index (χ1n) is 9.93. The molecule has 2 N–H and O–H groups in total. The Morgan fingerprint density at radius 2 is 1.86 bits per heavy atom. The first-order chi connectivity index (χ1) is 13.5. The maximum Gasteiger partial charge on any atom is 0.325 e. The molecule has 1 aliphatic carbocycles. The van der Waals surface area contributed by atoms with Crippen LogP contribution in [-0.2, 0) is 9.59 Å². The third kappa shape index (κ3) is 3.35. The summed E-state index contributed by atoms with van der Waals surface area (Å²) in [7, 11) is 0. The molecule has 4 amide bonds. The van der Waals surface area contributed by atoms with Crippen LogP contribution in [0.25, 0.3) is 10.8 Å². The third-order valence-electron chi connectivity index (χ3n) is 6.12. The van der Waals surface area contributed by atoms with Crippen LogP contribution in [0.3, 0.4) is 0 Å². The number of nitrogens with one attached hydrogen (secondary N) is 2. The fourth-order valence-corrected chi connectivity index (χ4v) is 4.35. The molecule has 2 fully saturated rings. The second-order valence-corrected chi connectivity index (χ2v) is 7.87. The molecule has 1 spiro atoms. The molecular weight excluding hydrogens is 354 g/mol. The Bertz CT molecular complexity index is 932. The fraction of sp³-hybridized carbons (Fsp3) is 0.409. The summed E-state index contributed by atoms with van der Waals surface area (Å²) in [4.78, 5) is 38.8. The van der Waals surface area contributed by atoms with Crippen LogP contribution >= 0.6 is 0 Å². The number of hydrogen-bond acceptors (Lipinski definition) is 3. The zero-order chi connectivity index (χ0) is 19.7. The Balaban J connectivity index is 1.42. The minimum Gasteiger partial charge on any atom is -0.325 e. The number of urea groups is 1. The van der Waals surface area contributed by atoms with E-state index in [4.69, 9.17) is 0 Å². The summed E-state index contributed by atoms with van der Waals surface area (Å²) in [6.45, 7) is 1.89. The molecule has 1 heterocycles. The van der Waals surface area contributed by atoms with Gasteiger partial charge >= 0.3 is 6.03 Å². The number of carbonyl (C=O) groups is 3. The van der Waals surface area contributed by atoms with Crippen LogP contribution in [-0.4, -0.2) is 34.8 Å². The van der Waals surface area contributed by atoms with E-state index in [-0.39, 0.29) is 18.4 Å². The van der Waals surface area contributed by atoms with Gasteiger partial charge in [0.05, 0.1) is 0 Å². The maximum atomic E-state index is 12.9. The van der Waals surface area contributed by atoms with Crippen LogP contribution in [0.15, 0.2) is 42.5 Å². The molecule has 146 valence electrons. The molecule has 0 unspecified atom stereocenters. The van der Waals surface area contributed by atoms with Crippen molar-refractivity contribution in [3.05, 3.63) is 42.5 Å². The largest absolute Gasteiger partial charge is 0.325 e. The number of rotatable bonds is 4. The maximum absolute atomic E-state index is 12.9. The summed E-state index contributed by atoms with van der Waals surface area (Å²) in [6.07, 6.45) is 4.26. The quantitative estimate of drug-likeness (QED) is 0.796.